The molecular formula is C26H20N4O8. The summed E-state index contributed by atoms with van der Waals surface area (Å²) >= 11 is 0. The Hall–Kier alpha value is -4.74. The molecule has 4 aliphatic carbocycles. The zero-order valence-electron chi connectivity index (χ0n) is 19.7. The summed E-state index contributed by atoms with van der Waals surface area (Å²) in [5.41, 5.74) is -0.727. The smallest absolute Gasteiger partial charge is 0.273 e. The number of nitrogens with zero attached hydrogens (tertiary/aromatic N) is 4. The van der Waals surface area contributed by atoms with Crippen LogP contribution in [0.4, 0.5) is 11.4 Å². The van der Waals surface area contributed by atoms with E-state index in [0.717, 1.165) is 34.6 Å². The van der Waals surface area contributed by atoms with Gasteiger partial charge in [0, 0.05) is 35.4 Å². The van der Waals surface area contributed by atoms with Gasteiger partial charge in [-0.15, -0.1) is 0 Å². The molecule has 38 heavy (non-hydrogen) atoms. The van der Waals surface area contributed by atoms with Gasteiger partial charge in [0.25, 0.3) is 29.1 Å². The second-order valence-electron chi connectivity index (χ2n) is 10.0. The van der Waals surface area contributed by atoms with Gasteiger partial charge in [-0.1, -0.05) is 24.3 Å². The Labute approximate surface area is 214 Å². The maximum Gasteiger partial charge on any atom is 0.273 e. The number of imide groups is 1. The van der Waals surface area contributed by atoms with Gasteiger partial charge in [-0.05, 0) is 42.2 Å². The number of allylic oxidation sites excluding steroid dienone is 2. The molecule has 0 unspecified atom stereocenters. The van der Waals surface area contributed by atoms with E-state index in [9.17, 15) is 39.4 Å². The predicted octanol–water partition coefficient (Wildman–Crippen LogP) is 2.80. The number of hydrogen-bond acceptors (Lipinski definition) is 8. The molecule has 1 heterocycles. The molecule has 3 amide bonds. The summed E-state index contributed by atoms with van der Waals surface area (Å²) in [4.78, 5) is 75.1. The molecule has 0 spiro atoms. The van der Waals surface area contributed by atoms with Crippen LogP contribution in [0, 0.1) is 55.7 Å². The highest BCUT2D eigenvalue weighted by atomic mass is 16.6. The summed E-state index contributed by atoms with van der Waals surface area (Å²) in [6.07, 6.45) is 4.91. The van der Waals surface area contributed by atoms with Crippen molar-refractivity contribution in [1.29, 1.82) is 0 Å². The fourth-order valence-electron chi connectivity index (χ4n) is 6.31. The average molecular weight is 516 g/mol. The maximum atomic E-state index is 13.7. The van der Waals surface area contributed by atoms with Gasteiger partial charge < -0.3 is 0 Å². The maximum absolute atomic E-state index is 13.7. The minimum atomic E-state index is -0.871. The number of rotatable bonds is 7. The fraction of sp³-hybridized carbons (Fsp3) is 0.308. The molecule has 1 aliphatic heterocycles. The van der Waals surface area contributed by atoms with Crippen molar-refractivity contribution in [3.63, 3.8) is 0 Å². The van der Waals surface area contributed by atoms with E-state index >= 15 is 0 Å². The van der Waals surface area contributed by atoms with E-state index in [1.807, 2.05) is 12.2 Å². The predicted molar refractivity (Wildman–Crippen MR) is 128 cm³/mol. The summed E-state index contributed by atoms with van der Waals surface area (Å²) in [5.74, 6) is -3.53. The van der Waals surface area contributed by atoms with Gasteiger partial charge in [-0.25, -0.2) is 5.01 Å². The molecule has 3 fully saturated rings. The Morgan fingerprint density at radius 1 is 0.842 bits per heavy atom. The SMILES string of the molecule is O=C(CN(C(=O)c1ccc([N+](=O)[O-])cc1)N1C(=O)[C@@H]2[C@H]3C=C[C@@H]([C@@H]4C[C@@H]34)[C@@H]2C1=O)c1cccc([N+](=O)[O-])c1. The van der Waals surface area contributed by atoms with E-state index in [4.69, 9.17) is 0 Å². The molecule has 0 N–H and O–H groups in total. The molecule has 1 saturated heterocycles. The van der Waals surface area contributed by atoms with E-state index in [1.165, 1.54) is 30.3 Å². The van der Waals surface area contributed by atoms with Crippen molar-refractivity contribution in [3.05, 3.63) is 92.0 Å². The Balaban J connectivity index is 1.36. The van der Waals surface area contributed by atoms with Crippen LogP contribution in [0.1, 0.15) is 27.1 Å². The van der Waals surface area contributed by atoms with Gasteiger partial charge in [0.1, 0.15) is 6.54 Å². The Kier molecular flexibility index (Phi) is 5.23. The van der Waals surface area contributed by atoms with E-state index < -0.39 is 51.7 Å². The van der Waals surface area contributed by atoms with Crippen molar-refractivity contribution in [3.8, 4) is 0 Å². The molecule has 192 valence electrons. The van der Waals surface area contributed by atoms with Crippen LogP contribution in [0.5, 0.6) is 0 Å². The van der Waals surface area contributed by atoms with E-state index in [-0.39, 0.29) is 34.3 Å². The summed E-state index contributed by atoms with van der Waals surface area (Å²) in [6.45, 7) is -0.733. The lowest BCUT2D eigenvalue weighted by Gasteiger charge is -2.37. The van der Waals surface area contributed by atoms with Gasteiger partial charge in [0.15, 0.2) is 5.78 Å². The highest BCUT2D eigenvalue weighted by Gasteiger charge is 2.68. The number of carbonyl (C=O) groups excluding carboxylic acids is 4. The van der Waals surface area contributed by atoms with E-state index in [2.05, 4.69) is 0 Å². The van der Waals surface area contributed by atoms with Gasteiger partial charge >= 0.3 is 0 Å². The average Bonchev–Trinajstić information content (AvgIpc) is 3.70. The van der Waals surface area contributed by atoms with Gasteiger partial charge in [0.2, 0.25) is 0 Å². The summed E-state index contributed by atoms with van der Waals surface area (Å²) in [6, 6.07) is 9.52. The molecule has 2 aromatic carbocycles. The van der Waals surface area contributed by atoms with Crippen molar-refractivity contribution in [1.82, 2.24) is 10.0 Å². The standard InChI is InChI=1S/C26H20N4O8/c31-21(14-2-1-3-16(10-14)30(37)38)12-27(24(32)13-4-6-15(7-5-13)29(35)36)28-25(33)22-17-8-9-18(20-11-19(17)20)23(22)26(28)34/h1-10,17-20,22-23H,11-12H2/t17-,18-,19-,20-,22-,23+/m0/s1. The van der Waals surface area contributed by atoms with Gasteiger partial charge in [0.05, 0.1) is 21.7 Å². The first-order valence-electron chi connectivity index (χ1n) is 12.1. The van der Waals surface area contributed by atoms with Crippen LogP contribution in [0.3, 0.4) is 0 Å². The lowest BCUT2D eigenvalue weighted by Crippen LogP contribution is -2.52. The highest BCUT2D eigenvalue weighted by Crippen LogP contribution is 2.65. The minimum Gasteiger partial charge on any atom is -0.292 e. The van der Waals surface area contributed by atoms with Crippen molar-refractivity contribution in [2.45, 2.75) is 6.42 Å². The molecule has 7 rings (SSSR count). The zero-order chi connectivity index (χ0) is 26.9. The van der Waals surface area contributed by atoms with Crippen LogP contribution >= 0.6 is 0 Å². The summed E-state index contributed by atoms with van der Waals surface area (Å²) in [7, 11) is 0. The molecule has 6 atom stereocenters. The monoisotopic (exact) mass is 516 g/mol. The molecule has 0 radical (unpaired) electrons. The Morgan fingerprint density at radius 2 is 1.42 bits per heavy atom. The van der Waals surface area contributed by atoms with Crippen molar-refractivity contribution in [2.24, 2.45) is 35.5 Å². The van der Waals surface area contributed by atoms with Crippen LogP contribution in [-0.2, 0) is 9.59 Å². The fourth-order valence-corrected chi connectivity index (χ4v) is 6.31. The molecule has 2 aromatic rings. The van der Waals surface area contributed by atoms with Crippen LogP contribution in [0.25, 0.3) is 0 Å². The number of amides is 3. The van der Waals surface area contributed by atoms with Gasteiger partial charge in [-0.3, -0.25) is 39.4 Å². The van der Waals surface area contributed by atoms with E-state index in [1.54, 1.807) is 0 Å². The number of non-ortho nitro benzene ring substituents is 2. The third-order valence-electron chi connectivity index (χ3n) is 8.11. The second kappa shape index (κ2) is 8.40. The van der Waals surface area contributed by atoms with Crippen molar-refractivity contribution in [2.75, 3.05) is 6.54 Å². The zero-order valence-corrected chi connectivity index (χ0v) is 19.7. The molecule has 2 bridgehead atoms. The highest BCUT2D eigenvalue weighted by molar-refractivity contribution is 6.10. The Morgan fingerprint density at radius 3 is 1.97 bits per heavy atom. The van der Waals surface area contributed by atoms with Crippen LogP contribution in [0.2, 0.25) is 0 Å². The number of benzene rings is 2. The number of carbonyl (C=O) groups is 4. The summed E-state index contributed by atoms with van der Waals surface area (Å²) in [5, 5.41) is 23.8. The molecule has 0 aromatic heterocycles. The minimum absolute atomic E-state index is 0.0677. The lowest BCUT2D eigenvalue weighted by molar-refractivity contribution is -0.385. The van der Waals surface area contributed by atoms with Crippen LogP contribution < -0.4 is 0 Å². The number of nitro groups is 2. The van der Waals surface area contributed by atoms with E-state index in [0.29, 0.717) is 11.8 Å². The first-order valence-corrected chi connectivity index (χ1v) is 12.1. The first-order chi connectivity index (χ1) is 18.2. The lowest BCUT2D eigenvalue weighted by atomic mass is 9.63. The molecule has 12 heteroatoms. The second-order valence-corrected chi connectivity index (χ2v) is 10.0. The summed E-state index contributed by atoms with van der Waals surface area (Å²) < 4.78 is 0. The quantitative estimate of drug-likeness (QED) is 0.178. The number of ketones is 1. The van der Waals surface area contributed by atoms with Gasteiger partial charge in [-0.2, -0.15) is 5.01 Å². The molecule has 12 nitrogen and oxygen atoms in total. The number of nitro benzene ring substituents is 2. The largest absolute Gasteiger partial charge is 0.292 e. The van der Waals surface area contributed by atoms with Crippen LogP contribution in [0.15, 0.2) is 60.7 Å². The number of hydrogen-bond donors (Lipinski definition) is 0. The third-order valence-corrected chi connectivity index (χ3v) is 8.11. The normalized spacial score (nSPS) is 28.1. The topological polar surface area (TPSA) is 161 Å². The number of hydrazine groups is 1. The third kappa shape index (κ3) is 3.51. The van der Waals surface area contributed by atoms with Crippen molar-refractivity contribution >= 4 is 34.9 Å². The molecule has 5 aliphatic rings. The first kappa shape index (κ1) is 23.6. The molecule has 2 saturated carbocycles. The van der Waals surface area contributed by atoms with Crippen molar-refractivity contribution < 1.29 is 29.0 Å². The molecular weight excluding hydrogens is 496 g/mol. The Bertz CT molecular complexity index is 1430. The number of Topliss-reactive ketones (excluding diaryl/α,β-unsaturated/α-hetero) is 1. The van der Waals surface area contributed by atoms with Crippen LogP contribution in [-0.4, -0.2) is 49.9 Å².